The van der Waals surface area contributed by atoms with E-state index in [9.17, 15) is 40.2 Å². The van der Waals surface area contributed by atoms with Gasteiger partial charge < -0.3 is 59.1 Å². The third-order valence-corrected chi connectivity index (χ3v) is 3.80. The molecule has 28 heavy (non-hydrogen) atoms. The van der Waals surface area contributed by atoms with Crippen LogP contribution in [0, 0.1) is 0 Å². The highest BCUT2D eigenvalue weighted by molar-refractivity contribution is 5.66. The molecule has 0 spiro atoms. The number of esters is 2. The van der Waals surface area contributed by atoms with Crippen LogP contribution < -0.4 is 0 Å². The number of hydrogen-bond donors (Lipinski definition) is 6. The van der Waals surface area contributed by atoms with Gasteiger partial charge in [0, 0.05) is 42.3 Å². The fourth-order valence-corrected chi connectivity index (χ4v) is 2.36. The first-order valence-electron chi connectivity index (χ1n) is 7.48. The van der Waals surface area contributed by atoms with Crippen molar-refractivity contribution in [1.29, 1.82) is 0 Å². The Morgan fingerprint density at radius 3 is 1.43 bits per heavy atom. The first-order valence-corrected chi connectivity index (χ1v) is 7.48. The van der Waals surface area contributed by atoms with E-state index in [1.807, 2.05) is 0 Å². The molecule has 0 aliphatic heterocycles. The van der Waals surface area contributed by atoms with Gasteiger partial charge >= 0.3 is 17.7 Å². The summed E-state index contributed by atoms with van der Waals surface area (Å²) in [6, 6.07) is 0. The molecule has 0 fully saturated rings. The van der Waals surface area contributed by atoms with Crippen LogP contribution in [0.3, 0.4) is 0 Å². The van der Waals surface area contributed by atoms with Crippen LogP contribution in [-0.4, -0.2) is 107 Å². The van der Waals surface area contributed by atoms with Gasteiger partial charge in [-0.15, -0.1) is 0 Å². The van der Waals surface area contributed by atoms with Crippen molar-refractivity contribution in [3.8, 4) is 0 Å². The molecule has 14 nitrogen and oxygen atoms in total. The maximum absolute atomic E-state index is 11.4. The Bertz CT molecular complexity index is 556. The number of ether oxygens (including phenoxy) is 6. The molecule has 0 saturated carbocycles. The molecule has 0 aromatic rings. The monoisotopic (exact) mass is 418 g/mol. The topological polar surface area (TPSA) is 211 Å². The molecule has 0 saturated heterocycles. The fourth-order valence-electron chi connectivity index (χ4n) is 2.36. The summed E-state index contributed by atoms with van der Waals surface area (Å²) in [5.74, 6) is -17.5. The van der Waals surface area contributed by atoms with Crippen molar-refractivity contribution in [3.63, 3.8) is 0 Å². The maximum atomic E-state index is 11.4. The van der Waals surface area contributed by atoms with E-state index in [1.54, 1.807) is 0 Å². The Morgan fingerprint density at radius 1 is 0.714 bits per heavy atom. The van der Waals surface area contributed by atoms with Crippen molar-refractivity contribution < 1.29 is 68.6 Å². The molecule has 0 aromatic heterocycles. The molecule has 14 heteroatoms. The van der Waals surface area contributed by atoms with E-state index < -0.39 is 47.7 Å². The molecule has 6 N–H and O–H groups in total. The number of carbonyl (C=O) groups is 2. The van der Waals surface area contributed by atoms with Crippen molar-refractivity contribution in [2.75, 3.05) is 28.4 Å². The third kappa shape index (κ3) is 4.11. The SMILES string of the molecule is COC(O)[C@](O)(OC(C)=O)[C@](O)(OC)[C@@](O)(OC)[C@](O)(OC)C(O)OC(C)=O. The first kappa shape index (κ1) is 26.5. The van der Waals surface area contributed by atoms with Gasteiger partial charge in [0.1, 0.15) is 0 Å². The smallest absolute Gasteiger partial charge is 0.322 e. The molecule has 0 aliphatic rings. The van der Waals surface area contributed by atoms with Gasteiger partial charge in [0.25, 0.3) is 23.7 Å². The number of hydrogen-bond acceptors (Lipinski definition) is 14. The van der Waals surface area contributed by atoms with E-state index in [4.69, 9.17) is 0 Å². The summed E-state index contributed by atoms with van der Waals surface area (Å²) >= 11 is 0. The van der Waals surface area contributed by atoms with Crippen molar-refractivity contribution in [1.82, 2.24) is 0 Å². The highest BCUT2D eigenvalue weighted by Crippen LogP contribution is 2.45. The van der Waals surface area contributed by atoms with Crippen LogP contribution in [0.1, 0.15) is 13.8 Å². The van der Waals surface area contributed by atoms with Crippen molar-refractivity contribution >= 4 is 11.9 Å². The van der Waals surface area contributed by atoms with E-state index in [-0.39, 0.29) is 0 Å². The molecule has 0 heterocycles. The second-order valence-electron chi connectivity index (χ2n) is 5.44. The normalized spacial score (nSPS) is 22.6. The predicted molar refractivity (Wildman–Crippen MR) is 83.4 cm³/mol. The standard InChI is InChI=1S/C14H26O14/c1-7(15)27-10(18)11(19,24-4)13(21,25-5)14(22,26-6)12(20,9(17)23-3)28-8(2)16/h9-10,17-22H,1-6H3/t9?,10?,11-,12+,13+,14+/m1/s1. The minimum Gasteiger partial charge on any atom is -0.430 e. The Balaban J connectivity index is 6.83. The largest absolute Gasteiger partial charge is 0.430 e. The molecule has 2 unspecified atom stereocenters. The van der Waals surface area contributed by atoms with Crippen molar-refractivity contribution in [3.05, 3.63) is 0 Å². The highest BCUT2D eigenvalue weighted by atomic mass is 16.8. The van der Waals surface area contributed by atoms with Crippen LogP contribution in [0.5, 0.6) is 0 Å². The molecule has 0 aromatic carbocycles. The van der Waals surface area contributed by atoms with Gasteiger partial charge in [-0.25, -0.2) is 0 Å². The van der Waals surface area contributed by atoms with Gasteiger partial charge in [-0.05, 0) is 0 Å². The van der Waals surface area contributed by atoms with E-state index in [0.717, 1.165) is 21.0 Å². The van der Waals surface area contributed by atoms with Gasteiger partial charge in [0.15, 0.2) is 0 Å². The van der Waals surface area contributed by atoms with Gasteiger partial charge in [-0.3, -0.25) is 9.59 Å². The zero-order valence-corrected chi connectivity index (χ0v) is 16.1. The van der Waals surface area contributed by atoms with E-state index >= 15 is 0 Å². The van der Waals surface area contributed by atoms with Crippen LogP contribution in [0.25, 0.3) is 0 Å². The number of carbonyl (C=O) groups excluding carboxylic acids is 2. The lowest BCUT2D eigenvalue weighted by Crippen LogP contribution is -2.83. The van der Waals surface area contributed by atoms with Crippen molar-refractivity contribution in [2.45, 2.75) is 49.6 Å². The minimum atomic E-state index is -3.85. The van der Waals surface area contributed by atoms with Crippen LogP contribution in [0.2, 0.25) is 0 Å². The zero-order valence-electron chi connectivity index (χ0n) is 16.1. The summed E-state index contributed by atoms with van der Waals surface area (Å²) in [5, 5.41) is 63.0. The molecule has 166 valence electrons. The average molecular weight is 418 g/mol. The summed E-state index contributed by atoms with van der Waals surface area (Å²) in [7, 11) is 2.72. The summed E-state index contributed by atoms with van der Waals surface area (Å²) in [6.07, 6.45) is -5.38. The molecule has 0 aliphatic carbocycles. The fraction of sp³-hybridized carbons (Fsp3) is 0.857. The van der Waals surface area contributed by atoms with Crippen LogP contribution in [0.15, 0.2) is 0 Å². The quantitative estimate of drug-likeness (QED) is 0.140. The summed E-state index contributed by atoms with van der Waals surface area (Å²) in [6.45, 7) is 1.56. The Labute approximate surface area is 159 Å². The van der Waals surface area contributed by atoms with E-state index in [2.05, 4.69) is 28.4 Å². The number of aliphatic hydroxyl groups excluding tert-OH is 2. The molecule has 6 atom stereocenters. The van der Waals surface area contributed by atoms with Gasteiger partial charge in [0.2, 0.25) is 6.29 Å². The molecular weight excluding hydrogens is 392 g/mol. The average Bonchev–Trinajstić information content (AvgIpc) is 2.63. The second-order valence-corrected chi connectivity index (χ2v) is 5.44. The lowest BCUT2D eigenvalue weighted by molar-refractivity contribution is -0.544. The Morgan fingerprint density at radius 2 is 1.14 bits per heavy atom. The van der Waals surface area contributed by atoms with Gasteiger partial charge in [-0.2, -0.15) is 0 Å². The van der Waals surface area contributed by atoms with Crippen molar-refractivity contribution in [2.24, 2.45) is 0 Å². The number of rotatable bonds is 11. The molecule has 0 amide bonds. The second kappa shape index (κ2) is 9.36. The highest BCUT2D eigenvalue weighted by Gasteiger charge is 2.79. The Hall–Kier alpha value is -1.46. The molecule has 0 bridgehead atoms. The van der Waals surface area contributed by atoms with Gasteiger partial charge in [-0.1, -0.05) is 0 Å². The number of aliphatic hydroxyl groups is 6. The van der Waals surface area contributed by atoms with E-state index in [1.165, 1.54) is 0 Å². The van der Waals surface area contributed by atoms with Crippen LogP contribution >= 0.6 is 0 Å². The van der Waals surface area contributed by atoms with Gasteiger partial charge in [0.05, 0.1) is 0 Å². The molecule has 0 radical (unpaired) electrons. The summed E-state index contributed by atoms with van der Waals surface area (Å²) in [4.78, 5) is 22.5. The maximum Gasteiger partial charge on any atom is 0.322 e. The van der Waals surface area contributed by atoms with Crippen LogP contribution in [0.4, 0.5) is 0 Å². The third-order valence-electron chi connectivity index (χ3n) is 3.80. The lowest BCUT2D eigenvalue weighted by atomic mass is 9.87. The number of methoxy groups -OCH3 is 4. The minimum absolute atomic E-state index is 0.620. The Kier molecular flexibility index (Phi) is 8.87. The summed E-state index contributed by atoms with van der Waals surface area (Å²) < 4.78 is 27.0. The first-order chi connectivity index (χ1) is 12.7. The van der Waals surface area contributed by atoms with Crippen LogP contribution in [-0.2, 0) is 38.0 Å². The predicted octanol–water partition coefficient (Wildman–Crippen LogP) is -3.91. The van der Waals surface area contributed by atoms with E-state index in [0.29, 0.717) is 21.3 Å². The molecule has 0 rings (SSSR count). The molecular formula is C14H26O14. The summed E-state index contributed by atoms with van der Waals surface area (Å²) in [5.41, 5.74) is 0. The zero-order chi connectivity index (χ0) is 22.6. The lowest BCUT2D eigenvalue weighted by Gasteiger charge is -2.53.